The summed E-state index contributed by atoms with van der Waals surface area (Å²) < 4.78 is 1.69. The Kier molecular flexibility index (Phi) is 5.52. The highest BCUT2D eigenvalue weighted by atomic mass is 35.5. The van der Waals surface area contributed by atoms with Gasteiger partial charge in [-0.3, -0.25) is 4.68 Å². The van der Waals surface area contributed by atoms with Gasteiger partial charge < -0.3 is 10.0 Å². The molecule has 0 fully saturated rings. The molecule has 1 aromatic carbocycles. The molecule has 0 aliphatic carbocycles. The summed E-state index contributed by atoms with van der Waals surface area (Å²) in [6.45, 7) is 1.41. The summed E-state index contributed by atoms with van der Waals surface area (Å²) in [6, 6.07) is 4.96. The van der Waals surface area contributed by atoms with Gasteiger partial charge in [-0.15, -0.1) is 0 Å². The second-order valence-corrected chi connectivity index (χ2v) is 6.22. The Morgan fingerprint density at radius 2 is 1.95 bits per heavy atom. The molecule has 2 rings (SSSR count). The average molecular weight is 349 g/mol. The lowest BCUT2D eigenvalue weighted by Gasteiger charge is -2.17. The summed E-state index contributed by atoms with van der Waals surface area (Å²) in [4.78, 5) is 2.03. The summed E-state index contributed by atoms with van der Waals surface area (Å²) in [7, 11) is 3.94. The fourth-order valence-corrected chi connectivity index (χ4v) is 2.74. The lowest BCUT2D eigenvalue weighted by atomic mass is 10.1. The molecule has 1 atom stereocenters. The molecule has 1 aromatic heterocycles. The van der Waals surface area contributed by atoms with Crippen LogP contribution in [0, 0.1) is 0 Å². The highest BCUT2D eigenvalue weighted by Gasteiger charge is 2.22. The van der Waals surface area contributed by atoms with Crippen molar-refractivity contribution < 1.29 is 5.11 Å². The molecule has 0 spiro atoms. The Labute approximate surface area is 138 Å². The van der Waals surface area contributed by atoms with Crippen molar-refractivity contribution in [3.63, 3.8) is 0 Å². The Morgan fingerprint density at radius 1 is 1.24 bits per heavy atom. The molecule has 1 heterocycles. The van der Waals surface area contributed by atoms with Crippen LogP contribution in [0.2, 0.25) is 15.1 Å². The predicted molar refractivity (Wildman–Crippen MR) is 86.3 cm³/mol. The molecule has 0 aliphatic heterocycles. The maximum atomic E-state index is 10.6. The number of aliphatic hydroxyl groups is 1. The molecular formula is C14H16Cl3N3O. The molecule has 0 aliphatic rings. The van der Waals surface area contributed by atoms with E-state index in [0.29, 0.717) is 32.9 Å². The quantitative estimate of drug-likeness (QED) is 0.899. The third-order valence-corrected chi connectivity index (χ3v) is 3.96. The SMILES string of the molecule is CN(C)CCn1ncc(Cl)c1C(O)c1ccc(Cl)cc1Cl. The van der Waals surface area contributed by atoms with Crippen molar-refractivity contribution in [2.24, 2.45) is 0 Å². The third kappa shape index (κ3) is 3.90. The van der Waals surface area contributed by atoms with Crippen LogP contribution in [-0.4, -0.2) is 40.4 Å². The summed E-state index contributed by atoms with van der Waals surface area (Å²) in [6.07, 6.45) is 0.575. The van der Waals surface area contributed by atoms with E-state index in [-0.39, 0.29) is 0 Å². The molecule has 0 amide bonds. The van der Waals surface area contributed by atoms with Crippen LogP contribution < -0.4 is 0 Å². The van der Waals surface area contributed by atoms with Gasteiger partial charge in [-0.2, -0.15) is 5.10 Å². The highest BCUT2D eigenvalue weighted by molar-refractivity contribution is 6.35. The Morgan fingerprint density at radius 3 is 2.57 bits per heavy atom. The van der Waals surface area contributed by atoms with Gasteiger partial charge in [-0.1, -0.05) is 40.9 Å². The fraction of sp³-hybridized carbons (Fsp3) is 0.357. The number of benzene rings is 1. The van der Waals surface area contributed by atoms with Crippen molar-refractivity contribution in [1.29, 1.82) is 0 Å². The average Bonchev–Trinajstić information content (AvgIpc) is 2.77. The van der Waals surface area contributed by atoms with E-state index in [1.54, 1.807) is 22.9 Å². The first-order valence-corrected chi connectivity index (χ1v) is 7.52. The molecule has 0 bridgehead atoms. The number of halogens is 3. The van der Waals surface area contributed by atoms with E-state index in [2.05, 4.69) is 5.10 Å². The minimum absolute atomic E-state index is 0.395. The van der Waals surface area contributed by atoms with Crippen molar-refractivity contribution in [3.8, 4) is 0 Å². The van der Waals surface area contributed by atoms with Crippen LogP contribution in [0.15, 0.2) is 24.4 Å². The van der Waals surface area contributed by atoms with Crippen LogP contribution in [0.1, 0.15) is 17.4 Å². The second kappa shape index (κ2) is 6.99. The molecule has 0 saturated carbocycles. The Hall–Kier alpha value is -0.780. The number of aromatic nitrogens is 2. The second-order valence-electron chi connectivity index (χ2n) is 4.97. The van der Waals surface area contributed by atoms with Crippen LogP contribution in [0.5, 0.6) is 0 Å². The number of hydrogen-bond donors (Lipinski definition) is 1. The van der Waals surface area contributed by atoms with Crippen LogP contribution in [0.3, 0.4) is 0 Å². The molecule has 0 radical (unpaired) electrons. The molecule has 2 aromatic rings. The topological polar surface area (TPSA) is 41.3 Å². The number of likely N-dealkylation sites (N-methyl/N-ethyl adjacent to an activating group) is 1. The monoisotopic (exact) mass is 347 g/mol. The number of aliphatic hydroxyl groups excluding tert-OH is 1. The van der Waals surface area contributed by atoms with E-state index in [0.717, 1.165) is 6.54 Å². The van der Waals surface area contributed by atoms with Gasteiger partial charge >= 0.3 is 0 Å². The van der Waals surface area contributed by atoms with Gasteiger partial charge in [0.1, 0.15) is 6.10 Å². The maximum Gasteiger partial charge on any atom is 0.124 e. The third-order valence-electron chi connectivity index (χ3n) is 3.11. The van der Waals surface area contributed by atoms with E-state index in [4.69, 9.17) is 34.8 Å². The van der Waals surface area contributed by atoms with E-state index in [1.807, 2.05) is 19.0 Å². The van der Waals surface area contributed by atoms with Crippen LogP contribution in [0.25, 0.3) is 0 Å². The highest BCUT2D eigenvalue weighted by Crippen LogP contribution is 2.33. The summed E-state index contributed by atoms with van der Waals surface area (Å²) in [5, 5.41) is 16.1. The van der Waals surface area contributed by atoms with Crippen molar-refractivity contribution in [2.75, 3.05) is 20.6 Å². The fourth-order valence-electron chi connectivity index (χ4n) is 1.99. The van der Waals surface area contributed by atoms with E-state index < -0.39 is 6.10 Å². The summed E-state index contributed by atoms with van der Waals surface area (Å²) in [5.74, 6) is 0. The molecule has 21 heavy (non-hydrogen) atoms. The Balaban J connectivity index is 2.34. The van der Waals surface area contributed by atoms with Gasteiger partial charge in [0.05, 0.1) is 23.5 Å². The molecule has 7 heteroatoms. The largest absolute Gasteiger partial charge is 0.382 e. The van der Waals surface area contributed by atoms with E-state index in [1.165, 1.54) is 6.20 Å². The predicted octanol–water partition coefficient (Wildman–Crippen LogP) is 3.49. The van der Waals surface area contributed by atoms with Crippen molar-refractivity contribution in [2.45, 2.75) is 12.6 Å². The molecule has 1 N–H and O–H groups in total. The zero-order chi connectivity index (χ0) is 15.6. The maximum absolute atomic E-state index is 10.6. The lowest BCUT2D eigenvalue weighted by Crippen LogP contribution is -2.21. The van der Waals surface area contributed by atoms with Crippen LogP contribution >= 0.6 is 34.8 Å². The minimum Gasteiger partial charge on any atom is -0.382 e. The number of nitrogens with zero attached hydrogens (tertiary/aromatic N) is 3. The first-order valence-electron chi connectivity index (χ1n) is 6.39. The smallest absolute Gasteiger partial charge is 0.124 e. The zero-order valence-electron chi connectivity index (χ0n) is 11.7. The van der Waals surface area contributed by atoms with Gasteiger partial charge in [0.2, 0.25) is 0 Å². The van der Waals surface area contributed by atoms with Crippen LogP contribution in [0.4, 0.5) is 0 Å². The summed E-state index contributed by atoms with van der Waals surface area (Å²) in [5.41, 5.74) is 1.08. The van der Waals surface area contributed by atoms with E-state index >= 15 is 0 Å². The van der Waals surface area contributed by atoms with Gasteiger partial charge in [0, 0.05) is 22.2 Å². The normalized spacial score (nSPS) is 12.9. The van der Waals surface area contributed by atoms with Crippen molar-refractivity contribution >= 4 is 34.8 Å². The van der Waals surface area contributed by atoms with Crippen molar-refractivity contribution in [3.05, 3.63) is 50.7 Å². The molecular weight excluding hydrogens is 333 g/mol. The number of rotatable bonds is 5. The minimum atomic E-state index is -0.952. The van der Waals surface area contributed by atoms with E-state index in [9.17, 15) is 5.11 Å². The first-order chi connectivity index (χ1) is 9.90. The van der Waals surface area contributed by atoms with Gasteiger partial charge in [-0.05, 0) is 26.2 Å². The summed E-state index contributed by atoms with van der Waals surface area (Å²) >= 11 is 18.2. The lowest BCUT2D eigenvalue weighted by molar-refractivity contribution is 0.206. The molecule has 1 unspecified atom stereocenters. The molecule has 0 saturated heterocycles. The zero-order valence-corrected chi connectivity index (χ0v) is 14.0. The van der Waals surface area contributed by atoms with Gasteiger partial charge in [0.15, 0.2) is 0 Å². The Bertz CT molecular complexity index is 628. The van der Waals surface area contributed by atoms with Crippen LogP contribution in [-0.2, 0) is 6.54 Å². The van der Waals surface area contributed by atoms with Crippen molar-refractivity contribution in [1.82, 2.24) is 14.7 Å². The first kappa shape index (κ1) is 16.6. The van der Waals surface area contributed by atoms with Gasteiger partial charge in [0.25, 0.3) is 0 Å². The van der Waals surface area contributed by atoms with Gasteiger partial charge in [-0.25, -0.2) is 0 Å². The molecule has 114 valence electrons. The standard InChI is InChI=1S/C14H16Cl3N3O/c1-19(2)5-6-20-13(12(17)8-18-20)14(21)10-4-3-9(15)7-11(10)16/h3-4,7-8,14,21H,5-6H2,1-2H3. The molecule has 4 nitrogen and oxygen atoms in total. The number of hydrogen-bond acceptors (Lipinski definition) is 3.